The largest absolute Gasteiger partial charge is 0.337 e. The summed E-state index contributed by atoms with van der Waals surface area (Å²) in [6.07, 6.45) is 3.41. The predicted molar refractivity (Wildman–Crippen MR) is 101 cm³/mol. The van der Waals surface area contributed by atoms with E-state index in [1.165, 1.54) is 18.2 Å². The van der Waals surface area contributed by atoms with Crippen LogP contribution in [0.4, 0.5) is 0 Å². The van der Waals surface area contributed by atoms with Crippen LogP contribution in [-0.2, 0) is 11.3 Å². The lowest BCUT2D eigenvalue weighted by molar-refractivity contribution is -0.134. The minimum atomic E-state index is 0.205. The summed E-state index contributed by atoms with van der Waals surface area (Å²) in [6, 6.07) is 10.7. The van der Waals surface area contributed by atoms with Crippen molar-refractivity contribution >= 4 is 17.7 Å². The Kier molecular flexibility index (Phi) is 5.78. The first-order valence-corrected chi connectivity index (χ1v) is 10.0. The lowest BCUT2D eigenvalue weighted by atomic mass is 9.98. The Morgan fingerprint density at radius 2 is 1.84 bits per heavy atom. The maximum Gasteiger partial charge on any atom is 0.233 e. The third-order valence-corrected chi connectivity index (χ3v) is 5.82. The first kappa shape index (κ1) is 18.0. The van der Waals surface area contributed by atoms with E-state index in [1.54, 1.807) is 0 Å². The van der Waals surface area contributed by atoms with Gasteiger partial charge in [-0.05, 0) is 40.0 Å². The Labute approximate surface area is 153 Å². The number of likely N-dealkylation sites (tertiary alicyclic amines) is 1. The Balaban J connectivity index is 1.71. The van der Waals surface area contributed by atoms with E-state index in [2.05, 4.69) is 40.4 Å². The van der Waals surface area contributed by atoms with Crippen LogP contribution in [0.3, 0.4) is 0 Å². The molecule has 2 heterocycles. The molecule has 5 nitrogen and oxygen atoms in total. The van der Waals surface area contributed by atoms with E-state index in [4.69, 9.17) is 0 Å². The number of rotatable bonds is 5. The Morgan fingerprint density at radius 3 is 2.48 bits per heavy atom. The molecule has 3 rings (SSSR count). The van der Waals surface area contributed by atoms with E-state index in [1.807, 2.05) is 30.3 Å². The second-order valence-electron chi connectivity index (χ2n) is 6.64. The van der Waals surface area contributed by atoms with Gasteiger partial charge in [0.2, 0.25) is 5.91 Å². The van der Waals surface area contributed by atoms with Crippen molar-refractivity contribution in [1.29, 1.82) is 0 Å². The van der Waals surface area contributed by atoms with Crippen molar-refractivity contribution in [1.82, 2.24) is 19.7 Å². The first-order chi connectivity index (χ1) is 12.1. The molecule has 1 aromatic carbocycles. The summed E-state index contributed by atoms with van der Waals surface area (Å²) in [7, 11) is 0. The van der Waals surface area contributed by atoms with Crippen molar-refractivity contribution in [3.05, 3.63) is 30.3 Å². The third-order valence-electron chi connectivity index (χ3n) is 4.87. The van der Waals surface area contributed by atoms with Crippen molar-refractivity contribution in [2.75, 3.05) is 5.75 Å². The van der Waals surface area contributed by atoms with Crippen LogP contribution in [0.15, 0.2) is 35.5 Å². The molecule has 0 bridgehead atoms. The molecule has 1 aliphatic rings. The molecule has 0 unspecified atom stereocenters. The molecule has 25 heavy (non-hydrogen) atoms. The second kappa shape index (κ2) is 8.04. The molecule has 1 aromatic heterocycles. The summed E-state index contributed by atoms with van der Waals surface area (Å²) in [4.78, 5) is 14.8. The number of hydrogen-bond acceptors (Lipinski definition) is 4. The molecule has 1 aliphatic heterocycles. The highest BCUT2D eigenvalue weighted by Crippen LogP contribution is 2.27. The van der Waals surface area contributed by atoms with Gasteiger partial charge in [-0.25, -0.2) is 0 Å². The number of carbonyl (C=O) groups excluding carboxylic acids is 1. The summed E-state index contributed by atoms with van der Waals surface area (Å²) in [5.74, 6) is 1.48. The van der Waals surface area contributed by atoms with E-state index in [0.717, 1.165) is 35.9 Å². The summed E-state index contributed by atoms with van der Waals surface area (Å²) >= 11 is 1.49. The summed E-state index contributed by atoms with van der Waals surface area (Å²) in [6.45, 7) is 7.17. The number of amides is 1. The SMILES string of the molecule is CCn1c(SCC(=O)N2[C@@H](C)CCC[C@@H]2C)nnc1-c1ccccc1. The highest BCUT2D eigenvalue weighted by molar-refractivity contribution is 7.99. The molecule has 1 fully saturated rings. The number of nitrogens with zero attached hydrogens (tertiary/aromatic N) is 4. The summed E-state index contributed by atoms with van der Waals surface area (Å²) in [5.41, 5.74) is 1.05. The van der Waals surface area contributed by atoms with Crippen LogP contribution in [0.2, 0.25) is 0 Å². The van der Waals surface area contributed by atoms with E-state index in [0.29, 0.717) is 17.8 Å². The van der Waals surface area contributed by atoms with Gasteiger partial charge in [0.1, 0.15) is 0 Å². The van der Waals surface area contributed by atoms with Crippen LogP contribution in [0.1, 0.15) is 40.0 Å². The van der Waals surface area contributed by atoms with Crippen LogP contribution in [0.5, 0.6) is 0 Å². The van der Waals surface area contributed by atoms with Gasteiger partial charge in [-0.1, -0.05) is 42.1 Å². The normalized spacial score (nSPS) is 20.7. The number of aromatic nitrogens is 3. The van der Waals surface area contributed by atoms with E-state index in [9.17, 15) is 4.79 Å². The van der Waals surface area contributed by atoms with Crippen molar-refractivity contribution < 1.29 is 4.79 Å². The van der Waals surface area contributed by atoms with Gasteiger partial charge in [0.05, 0.1) is 5.75 Å². The Bertz CT molecular complexity index is 705. The maximum absolute atomic E-state index is 12.7. The fourth-order valence-electron chi connectivity index (χ4n) is 3.60. The lowest BCUT2D eigenvalue weighted by Gasteiger charge is -2.39. The van der Waals surface area contributed by atoms with Crippen LogP contribution in [-0.4, -0.2) is 43.4 Å². The zero-order valence-corrected chi connectivity index (χ0v) is 16.0. The van der Waals surface area contributed by atoms with Gasteiger partial charge < -0.3 is 9.47 Å². The average molecular weight is 359 g/mol. The van der Waals surface area contributed by atoms with Gasteiger partial charge in [0, 0.05) is 24.2 Å². The van der Waals surface area contributed by atoms with Crippen molar-refractivity contribution in [2.24, 2.45) is 0 Å². The standard InChI is InChI=1S/C19H26N4OS/c1-4-22-18(16-11-6-5-7-12-16)20-21-19(22)25-13-17(24)23-14(2)9-8-10-15(23)3/h5-7,11-12,14-15H,4,8-10,13H2,1-3H3/t14-,15-/m0/s1. The predicted octanol–water partition coefficient (Wildman–Crippen LogP) is 3.85. The molecule has 2 aromatic rings. The Hall–Kier alpha value is -1.82. The van der Waals surface area contributed by atoms with Gasteiger partial charge in [0.25, 0.3) is 0 Å². The van der Waals surface area contributed by atoms with E-state index < -0.39 is 0 Å². The van der Waals surface area contributed by atoms with Gasteiger partial charge in [-0.3, -0.25) is 4.79 Å². The second-order valence-corrected chi connectivity index (χ2v) is 7.58. The fraction of sp³-hybridized carbons (Fsp3) is 0.526. The van der Waals surface area contributed by atoms with E-state index in [-0.39, 0.29) is 5.91 Å². The van der Waals surface area contributed by atoms with Gasteiger partial charge in [-0.15, -0.1) is 10.2 Å². The molecule has 0 aliphatic carbocycles. The van der Waals surface area contributed by atoms with Crippen molar-refractivity contribution in [3.63, 3.8) is 0 Å². The molecule has 134 valence electrons. The van der Waals surface area contributed by atoms with E-state index >= 15 is 0 Å². The summed E-state index contributed by atoms with van der Waals surface area (Å²) < 4.78 is 2.08. The third kappa shape index (κ3) is 3.89. The summed E-state index contributed by atoms with van der Waals surface area (Å²) in [5, 5.41) is 9.48. The zero-order chi connectivity index (χ0) is 17.8. The number of piperidine rings is 1. The molecule has 0 saturated carbocycles. The van der Waals surface area contributed by atoms with Crippen molar-refractivity contribution in [2.45, 2.75) is 63.8 Å². The zero-order valence-electron chi connectivity index (χ0n) is 15.2. The van der Waals surface area contributed by atoms with Crippen molar-refractivity contribution in [3.8, 4) is 11.4 Å². The highest BCUT2D eigenvalue weighted by atomic mass is 32.2. The molecular formula is C19H26N4OS. The van der Waals surface area contributed by atoms with Gasteiger partial charge in [-0.2, -0.15) is 0 Å². The molecule has 0 radical (unpaired) electrons. The smallest absolute Gasteiger partial charge is 0.233 e. The molecule has 1 amide bonds. The topological polar surface area (TPSA) is 51.0 Å². The van der Waals surface area contributed by atoms with Crippen LogP contribution in [0.25, 0.3) is 11.4 Å². The molecule has 2 atom stereocenters. The lowest BCUT2D eigenvalue weighted by Crippen LogP contribution is -2.48. The monoisotopic (exact) mass is 358 g/mol. The minimum Gasteiger partial charge on any atom is -0.337 e. The number of carbonyl (C=O) groups is 1. The minimum absolute atomic E-state index is 0.205. The molecule has 6 heteroatoms. The van der Waals surface area contributed by atoms with Crippen LogP contribution < -0.4 is 0 Å². The quantitative estimate of drug-likeness (QED) is 0.762. The first-order valence-electron chi connectivity index (χ1n) is 9.04. The maximum atomic E-state index is 12.7. The average Bonchev–Trinajstić information content (AvgIpc) is 3.03. The fourth-order valence-corrected chi connectivity index (χ4v) is 4.47. The van der Waals surface area contributed by atoms with Crippen LogP contribution >= 0.6 is 11.8 Å². The van der Waals surface area contributed by atoms with Crippen LogP contribution in [0, 0.1) is 0 Å². The number of hydrogen-bond donors (Lipinski definition) is 0. The Morgan fingerprint density at radius 1 is 1.16 bits per heavy atom. The highest BCUT2D eigenvalue weighted by Gasteiger charge is 2.29. The molecule has 0 spiro atoms. The van der Waals surface area contributed by atoms with Gasteiger partial charge >= 0.3 is 0 Å². The number of thioether (sulfide) groups is 1. The van der Waals surface area contributed by atoms with Gasteiger partial charge in [0.15, 0.2) is 11.0 Å². The molecular weight excluding hydrogens is 332 g/mol. The number of benzene rings is 1. The molecule has 0 N–H and O–H groups in total. The molecule has 1 saturated heterocycles.